The van der Waals surface area contributed by atoms with Crippen molar-refractivity contribution in [2.24, 2.45) is 5.73 Å². The average Bonchev–Trinajstić information content (AvgIpc) is 2.36. The molecular formula is C12H25NO5. The Balaban J connectivity index is 3.22. The number of carbonyl (C=O) groups excluding carboxylic acids is 1. The molecule has 0 aromatic carbocycles. The minimum absolute atomic E-state index is 0.230. The molecule has 0 rings (SSSR count). The highest BCUT2D eigenvalue weighted by Crippen LogP contribution is 1.95. The van der Waals surface area contributed by atoms with Gasteiger partial charge in [0.15, 0.2) is 0 Å². The van der Waals surface area contributed by atoms with Crippen LogP contribution in [0.1, 0.15) is 19.8 Å². The zero-order valence-electron chi connectivity index (χ0n) is 11.4. The van der Waals surface area contributed by atoms with Crippen molar-refractivity contribution in [1.29, 1.82) is 0 Å². The van der Waals surface area contributed by atoms with Crippen LogP contribution in [0.5, 0.6) is 0 Å². The molecule has 18 heavy (non-hydrogen) atoms. The van der Waals surface area contributed by atoms with Gasteiger partial charge in [-0.25, -0.2) is 0 Å². The number of carbonyl (C=O) groups is 1. The summed E-state index contributed by atoms with van der Waals surface area (Å²) in [7, 11) is 1.62. The van der Waals surface area contributed by atoms with E-state index in [9.17, 15) is 4.79 Å². The van der Waals surface area contributed by atoms with Crippen LogP contribution in [0.25, 0.3) is 0 Å². The third-order valence-electron chi connectivity index (χ3n) is 2.18. The first-order valence-electron chi connectivity index (χ1n) is 6.29. The maximum Gasteiger partial charge on any atom is 0.322 e. The van der Waals surface area contributed by atoms with Crippen molar-refractivity contribution in [2.45, 2.75) is 25.8 Å². The lowest BCUT2D eigenvalue weighted by Gasteiger charge is -2.10. The Kier molecular flexibility index (Phi) is 12.3. The summed E-state index contributed by atoms with van der Waals surface area (Å²) in [6.07, 6.45) is 1.51. The summed E-state index contributed by atoms with van der Waals surface area (Å²) in [5, 5.41) is 0. The molecule has 0 saturated carbocycles. The number of hydrogen-bond donors (Lipinski definition) is 1. The van der Waals surface area contributed by atoms with Gasteiger partial charge >= 0.3 is 5.97 Å². The summed E-state index contributed by atoms with van der Waals surface area (Å²) in [5.41, 5.74) is 5.59. The van der Waals surface area contributed by atoms with E-state index in [1.54, 1.807) is 7.11 Å². The Morgan fingerprint density at radius 3 is 2.17 bits per heavy atom. The van der Waals surface area contributed by atoms with Gasteiger partial charge in [-0.2, -0.15) is 0 Å². The lowest BCUT2D eigenvalue weighted by molar-refractivity contribution is -0.147. The third kappa shape index (κ3) is 10.5. The van der Waals surface area contributed by atoms with Gasteiger partial charge in [0.25, 0.3) is 0 Å². The van der Waals surface area contributed by atoms with E-state index in [0.29, 0.717) is 39.5 Å². The van der Waals surface area contributed by atoms with Crippen LogP contribution >= 0.6 is 0 Å². The molecule has 0 amide bonds. The third-order valence-corrected chi connectivity index (χ3v) is 2.18. The van der Waals surface area contributed by atoms with Gasteiger partial charge in [0.2, 0.25) is 0 Å². The number of methoxy groups -OCH3 is 1. The van der Waals surface area contributed by atoms with Crippen LogP contribution in [0, 0.1) is 0 Å². The molecule has 0 aliphatic rings. The molecule has 0 heterocycles. The zero-order chi connectivity index (χ0) is 13.6. The molecule has 0 aliphatic heterocycles. The molecule has 0 fully saturated rings. The van der Waals surface area contributed by atoms with Crippen molar-refractivity contribution >= 4 is 5.97 Å². The minimum Gasteiger partial charge on any atom is -0.462 e. The van der Waals surface area contributed by atoms with Gasteiger partial charge in [0.1, 0.15) is 12.6 Å². The highest BCUT2D eigenvalue weighted by Gasteiger charge is 2.12. The maximum absolute atomic E-state index is 11.3. The van der Waals surface area contributed by atoms with Crippen molar-refractivity contribution in [3.05, 3.63) is 0 Å². The van der Waals surface area contributed by atoms with E-state index >= 15 is 0 Å². The van der Waals surface area contributed by atoms with E-state index in [1.165, 1.54) is 0 Å². The summed E-state index contributed by atoms with van der Waals surface area (Å²) >= 11 is 0. The van der Waals surface area contributed by atoms with Gasteiger partial charge in [-0.3, -0.25) is 4.79 Å². The molecule has 6 heteroatoms. The fourth-order valence-corrected chi connectivity index (χ4v) is 1.20. The fraction of sp³-hybridized carbons (Fsp3) is 0.917. The van der Waals surface area contributed by atoms with Crippen molar-refractivity contribution < 1.29 is 23.7 Å². The molecule has 0 aromatic rings. The summed E-state index contributed by atoms with van der Waals surface area (Å²) < 4.78 is 20.2. The predicted octanol–water partition coefficient (Wildman–Crippen LogP) is 0.337. The van der Waals surface area contributed by atoms with Gasteiger partial charge in [-0.1, -0.05) is 13.3 Å². The molecule has 1 atom stereocenters. The summed E-state index contributed by atoms with van der Waals surface area (Å²) in [4.78, 5) is 11.3. The Morgan fingerprint density at radius 1 is 1.06 bits per heavy atom. The van der Waals surface area contributed by atoms with E-state index in [2.05, 4.69) is 0 Å². The van der Waals surface area contributed by atoms with Crippen LogP contribution in [0.4, 0.5) is 0 Å². The Morgan fingerprint density at radius 2 is 1.61 bits per heavy atom. The first kappa shape index (κ1) is 17.3. The first-order chi connectivity index (χ1) is 8.72. The molecular weight excluding hydrogens is 238 g/mol. The van der Waals surface area contributed by atoms with Gasteiger partial charge in [-0.05, 0) is 6.42 Å². The van der Waals surface area contributed by atoms with E-state index in [1.807, 2.05) is 6.92 Å². The Hall–Kier alpha value is -0.690. The highest BCUT2D eigenvalue weighted by atomic mass is 16.6. The van der Waals surface area contributed by atoms with Gasteiger partial charge in [0.05, 0.1) is 33.0 Å². The summed E-state index contributed by atoms with van der Waals surface area (Å²) in [5.74, 6) is -0.364. The largest absolute Gasteiger partial charge is 0.462 e. The Labute approximate surface area is 109 Å². The molecule has 2 N–H and O–H groups in total. The molecule has 0 saturated heterocycles. The lowest BCUT2D eigenvalue weighted by atomic mass is 10.2. The molecule has 1 unspecified atom stereocenters. The van der Waals surface area contributed by atoms with Crippen LogP contribution in [0.2, 0.25) is 0 Å². The second kappa shape index (κ2) is 12.8. The van der Waals surface area contributed by atoms with Crippen LogP contribution in [0.15, 0.2) is 0 Å². The quantitative estimate of drug-likeness (QED) is 0.404. The molecule has 0 aliphatic carbocycles. The van der Waals surface area contributed by atoms with Gasteiger partial charge < -0.3 is 24.7 Å². The van der Waals surface area contributed by atoms with E-state index in [4.69, 9.17) is 24.7 Å². The molecule has 0 aromatic heterocycles. The van der Waals surface area contributed by atoms with Crippen LogP contribution in [-0.2, 0) is 23.7 Å². The second-order valence-corrected chi connectivity index (χ2v) is 3.78. The van der Waals surface area contributed by atoms with E-state index in [0.717, 1.165) is 6.42 Å². The molecule has 6 nitrogen and oxygen atoms in total. The number of esters is 1. The van der Waals surface area contributed by atoms with Crippen molar-refractivity contribution in [3.8, 4) is 0 Å². The van der Waals surface area contributed by atoms with E-state index in [-0.39, 0.29) is 12.6 Å². The van der Waals surface area contributed by atoms with Crippen molar-refractivity contribution in [3.63, 3.8) is 0 Å². The number of nitrogens with two attached hydrogens (primary N) is 1. The average molecular weight is 263 g/mol. The molecule has 108 valence electrons. The standard InChI is InChI=1S/C12H25NO5/c1-3-4-11(13)12(14)18-10-9-17-8-7-16-6-5-15-2/h11H,3-10,13H2,1-2H3. The summed E-state index contributed by atoms with van der Waals surface area (Å²) in [6, 6.07) is -0.521. The predicted molar refractivity (Wildman–Crippen MR) is 67.4 cm³/mol. The molecule has 0 radical (unpaired) electrons. The van der Waals surface area contributed by atoms with Crippen LogP contribution in [-0.4, -0.2) is 58.8 Å². The van der Waals surface area contributed by atoms with Crippen molar-refractivity contribution in [2.75, 3.05) is 46.8 Å². The van der Waals surface area contributed by atoms with Crippen LogP contribution in [0.3, 0.4) is 0 Å². The molecule has 0 bridgehead atoms. The maximum atomic E-state index is 11.3. The Bertz CT molecular complexity index is 201. The smallest absolute Gasteiger partial charge is 0.322 e. The fourth-order valence-electron chi connectivity index (χ4n) is 1.20. The SMILES string of the molecule is CCCC(N)C(=O)OCCOCCOCCOC. The number of rotatable bonds is 12. The van der Waals surface area contributed by atoms with Gasteiger partial charge in [-0.15, -0.1) is 0 Å². The van der Waals surface area contributed by atoms with E-state index < -0.39 is 6.04 Å². The second-order valence-electron chi connectivity index (χ2n) is 3.78. The lowest BCUT2D eigenvalue weighted by Crippen LogP contribution is -2.32. The first-order valence-corrected chi connectivity index (χ1v) is 6.29. The number of ether oxygens (including phenoxy) is 4. The minimum atomic E-state index is -0.521. The zero-order valence-corrected chi connectivity index (χ0v) is 11.4. The summed E-state index contributed by atoms with van der Waals surface area (Å²) in [6.45, 7) is 4.68. The van der Waals surface area contributed by atoms with Gasteiger partial charge in [0, 0.05) is 7.11 Å². The monoisotopic (exact) mass is 263 g/mol. The normalized spacial score (nSPS) is 12.4. The molecule has 0 spiro atoms. The van der Waals surface area contributed by atoms with Crippen molar-refractivity contribution in [1.82, 2.24) is 0 Å². The topological polar surface area (TPSA) is 80.0 Å². The van der Waals surface area contributed by atoms with Crippen LogP contribution < -0.4 is 5.73 Å². The number of hydrogen-bond acceptors (Lipinski definition) is 6. The highest BCUT2D eigenvalue weighted by molar-refractivity contribution is 5.75.